The predicted molar refractivity (Wildman–Crippen MR) is 98.6 cm³/mol. The van der Waals surface area contributed by atoms with Crippen LogP contribution < -0.4 is 4.90 Å². The molecule has 116 valence electrons. The molecule has 0 fully saturated rings. The summed E-state index contributed by atoms with van der Waals surface area (Å²) < 4.78 is 1.23. The third kappa shape index (κ3) is 2.48. The summed E-state index contributed by atoms with van der Waals surface area (Å²) in [6, 6.07) is 8.26. The first-order chi connectivity index (χ1) is 11.1. The maximum absolute atomic E-state index is 4.72. The van der Waals surface area contributed by atoms with Crippen molar-refractivity contribution in [2.75, 3.05) is 11.9 Å². The maximum Gasteiger partial charge on any atom is 0.141 e. The number of thiazole rings is 1. The second-order valence-electron chi connectivity index (χ2n) is 5.59. The molecule has 4 nitrogen and oxygen atoms in total. The summed E-state index contributed by atoms with van der Waals surface area (Å²) in [4.78, 5) is 18.2. The molecule has 23 heavy (non-hydrogen) atoms. The van der Waals surface area contributed by atoms with Gasteiger partial charge in [-0.2, -0.15) is 0 Å². The van der Waals surface area contributed by atoms with Crippen LogP contribution in [0.1, 0.15) is 15.4 Å². The smallest absolute Gasteiger partial charge is 0.141 e. The number of hydrogen-bond donors (Lipinski definition) is 0. The molecule has 4 aromatic rings. The minimum absolute atomic E-state index is 0.750. The number of hydrogen-bond acceptors (Lipinski definition) is 6. The molecule has 0 aliphatic carbocycles. The summed E-state index contributed by atoms with van der Waals surface area (Å²) in [6.45, 7) is 5.03. The summed E-state index contributed by atoms with van der Waals surface area (Å²) in [6.07, 6.45) is 1.65. The van der Waals surface area contributed by atoms with E-state index in [1.807, 2.05) is 6.07 Å². The number of benzene rings is 1. The Labute approximate surface area is 142 Å². The van der Waals surface area contributed by atoms with E-state index in [1.165, 1.54) is 20.5 Å². The summed E-state index contributed by atoms with van der Waals surface area (Å²) >= 11 is 3.47. The molecule has 3 heterocycles. The van der Waals surface area contributed by atoms with Crippen molar-refractivity contribution in [2.45, 2.75) is 20.4 Å². The van der Waals surface area contributed by atoms with Crippen LogP contribution >= 0.6 is 22.7 Å². The van der Waals surface area contributed by atoms with Crippen molar-refractivity contribution < 1.29 is 0 Å². The average Bonchev–Trinajstić information content (AvgIpc) is 3.08. The molecule has 3 aromatic heterocycles. The molecule has 0 saturated heterocycles. The summed E-state index contributed by atoms with van der Waals surface area (Å²) in [5.74, 6) is 0.983. The van der Waals surface area contributed by atoms with E-state index in [2.05, 4.69) is 54.0 Å². The molecule has 0 bridgehead atoms. The number of aromatic nitrogens is 3. The zero-order chi connectivity index (χ0) is 16.0. The lowest BCUT2D eigenvalue weighted by atomic mass is 10.2. The number of para-hydroxylation sites is 1. The molecular formula is C17H16N4S2. The zero-order valence-electron chi connectivity index (χ0n) is 13.2. The van der Waals surface area contributed by atoms with Crippen LogP contribution in [0, 0.1) is 13.8 Å². The lowest BCUT2D eigenvalue weighted by molar-refractivity contribution is 0.893. The first kappa shape index (κ1) is 14.5. The highest BCUT2D eigenvalue weighted by molar-refractivity contribution is 7.19. The summed E-state index contributed by atoms with van der Waals surface area (Å²) in [7, 11) is 2.07. The van der Waals surface area contributed by atoms with Crippen molar-refractivity contribution in [1.29, 1.82) is 0 Å². The summed E-state index contributed by atoms with van der Waals surface area (Å²) in [5, 5.41) is 2.27. The predicted octanol–water partition coefficient (Wildman–Crippen LogP) is 4.55. The second kappa shape index (κ2) is 5.54. The quantitative estimate of drug-likeness (QED) is 0.548. The van der Waals surface area contributed by atoms with E-state index >= 15 is 0 Å². The van der Waals surface area contributed by atoms with E-state index in [9.17, 15) is 0 Å². The van der Waals surface area contributed by atoms with Crippen LogP contribution in [-0.2, 0) is 6.54 Å². The van der Waals surface area contributed by atoms with Gasteiger partial charge in [-0.25, -0.2) is 15.0 Å². The van der Waals surface area contributed by atoms with Gasteiger partial charge in [-0.1, -0.05) is 12.1 Å². The number of rotatable bonds is 3. The van der Waals surface area contributed by atoms with Crippen LogP contribution in [-0.4, -0.2) is 22.0 Å². The van der Waals surface area contributed by atoms with Crippen LogP contribution in [0.5, 0.6) is 0 Å². The van der Waals surface area contributed by atoms with Gasteiger partial charge in [-0.05, 0) is 31.5 Å². The Bertz CT molecular complexity index is 969. The second-order valence-corrected chi connectivity index (χ2v) is 7.91. The van der Waals surface area contributed by atoms with Gasteiger partial charge in [0.05, 0.1) is 22.1 Å². The monoisotopic (exact) mass is 340 g/mol. The zero-order valence-corrected chi connectivity index (χ0v) is 14.8. The molecular weight excluding hydrogens is 324 g/mol. The Balaban J connectivity index is 1.73. The lowest BCUT2D eigenvalue weighted by Crippen LogP contribution is -2.18. The van der Waals surface area contributed by atoms with E-state index in [0.717, 1.165) is 27.7 Å². The lowest BCUT2D eigenvalue weighted by Gasteiger charge is -2.17. The highest BCUT2D eigenvalue weighted by Gasteiger charge is 2.16. The molecule has 0 aliphatic rings. The molecule has 4 rings (SSSR count). The molecule has 0 atom stereocenters. The van der Waals surface area contributed by atoms with E-state index in [0.29, 0.717) is 0 Å². The van der Waals surface area contributed by atoms with Crippen LogP contribution in [0.4, 0.5) is 5.82 Å². The normalized spacial score (nSPS) is 11.4. The average molecular weight is 340 g/mol. The minimum Gasteiger partial charge on any atom is -0.352 e. The van der Waals surface area contributed by atoms with Gasteiger partial charge in [-0.3, -0.25) is 0 Å². The Morgan fingerprint density at radius 3 is 2.74 bits per heavy atom. The number of anilines is 1. The number of nitrogens with zero attached hydrogens (tertiary/aromatic N) is 4. The molecule has 0 aliphatic heterocycles. The molecule has 6 heteroatoms. The Hall–Kier alpha value is -2.05. The van der Waals surface area contributed by atoms with E-state index < -0.39 is 0 Å². The molecule has 0 N–H and O–H groups in total. The first-order valence-electron chi connectivity index (χ1n) is 7.40. The number of fused-ring (bicyclic) bond motifs is 2. The van der Waals surface area contributed by atoms with Crippen LogP contribution in [0.15, 0.2) is 30.6 Å². The molecule has 0 spiro atoms. The van der Waals surface area contributed by atoms with Gasteiger partial charge in [0.2, 0.25) is 0 Å². The Kier molecular flexibility index (Phi) is 3.50. The molecule has 0 amide bonds. The van der Waals surface area contributed by atoms with Gasteiger partial charge in [0.25, 0.3) is 0 Å². The van der Waals surface area contributed by atoms with E-state index in [-0.39, 0.29) is 0 Å². The third-order valence-electron chi connectivity index (χ3n) is 4.02. The fourth-order valence-electron chi connectivity index (χ4n) is 2.72. The van der Waals surface area contributed by atoms with Gasteiger partial charge in [0.1, 0.15) is 22.0 Å². The van der Waals surface area contributed by atoms with Crippen molar-refractivity contribution >= 4 is 48.9 Å². The van der Waals surface area contributed by atoms with Crippen molar-refractivity contribution in [1.82, 2.24) is 15.0 Å². The van der Waals surface area contributed by atoms with Gasteiger partial charge in [0, 0.05) is 11.9 Å². The van der Waals surface area contributed by atoms with Crippen molar-refractivity contribution in [2.24, 2.45) is 0 Å². The Morgan fingerprint density at radius 2 is 1.91 bits per heavy atom. The van der Waals surface area contributed by atoms with Crippen molar-refractivity contribution in [3.63, 3.8) is 0 Å². The largest absolute Gasteiger partial charge is 0.352 e. The fraction of sp³-hybridized carbons (Fsp3) is 0.235. The SMILES string of the molecule is Cc1sc2ncnc(N(C)Cc3nc4ccccc4s3)c2c1C. The van der Waals surface area contributed by atoms with Gasteiger partial charge >= 0.3 is 0 Å². The fourth-order valence-corrected chi connectivity index (χ4v) is 4.73. The Morgan fingerprint density at radius 1 is 1.09 bits per heavy atom. The van der Waals surface area contributed by atoms with E-state index in [4.69, 9.17) is 4.98 Å². The van der Waals surface area contributed by atoms with Gasteiger partial charge in [-0.15, -0.1) is 22.7 Å². The highest BCUT2D eigenvalue weighted by atomic mass is 32.1. The summed E-state index contributed by atoms with van der Waals surface area (Å²) in [5.41, 5.74) is 2.34. The van der Waals surface area contributed by atoms with Gasteiger partial charge in [0.15, 0.2) is 0 Å². The number of thiophene rings is 1. The molecule has 0 unspecified atom stereocenters. The standard InChI is InChI=1S/C17H16N4S2/c1-10-11(2)22-17-15(10)16(18-9-19-17)21(3)8-14-20-12-6-4-5-7-13(12)23-14/h4-7,9H,8H2,1-3H3. The highest BCUT2D eigenvalue weighted by Crippen LogP contribution is 2.34. The first-order valence-corrected chi connectivity index (χ1v) is 9.03. The van der Waals surface area contributed by atoms with Crippen LogP contribution in [0.2, 0.25) is 0 Å². The number of aryl methyl sites for hydroxylation is 2. The third-order valence-corrected chi connectivity index (χ3v) is 6.15. The van der Waals surface area contributed by atoms with Gasteiger partial charge < -0.3 is 4.90 Å². The van der Waals surface area contributed by atoms with Crippen LogP contribution in [0.3, 0.4) is 0 Å². The topological polar surface area (TPSA) is 41.9 Å². The molecule has 0 saturated carbocycles. The van der Waals surface area contributed by atoms with Crippen molar-refractivity contribution in [3.05, 3.63) is 46.0 Å². The van der Waals surface area contributed by atoms with E-state index in [1.54, 1.807) is 29.0 Å². The molecule has 1 aromatic carbocycles. The van der Waals surface area contributed by atoms with Crippen molar-refractivity contribution in [3.8, 4) is 0 Å². The maximum atomic E-state index is 4.72. The minimum atomic E-state index is 0.750. The molecule has 0 radical (unpaired) electrons. The van der Waals surface area contributed by atoms with Crippen LogP contribution in [0.25, 0.3) is 20.4 Å².